The number of carbonyl (C=O) groups is 1. The molecule has 0 fully saturated rings. The van der Waals surface area contributed by atoms with Crippen LogP contribution >= 0.6 is 15.9 Å². The number of ether oxygens (including phenoxy) is 1. The van der Waals surface area contributed by atoms with E-state index in [0.717, 1.165) is 32.7 Å². The lowest BCUT2D eigenvalue weighted by atomic mass is 10.1. The Kier molecular flexibility index (Phi) is 6.88. The molecule has 0 aliphatic rings. The molecule has 0 bridgehead atoms. The second-order valence-corrected chi connectivity index (χ2v) is 9.21. The third kappa shape index (κ3) is 5.07. The van der Waals surface area contributed by atoms with E-state index in [9.17, 15) is 4.79 Å². The fraction of sp³-hybridized carbons (Fsp3) is 0.269. The van der Waals surface area contributed by atoms with Gasteiger partial charge >= 0.3 is 0 Å². The van der Waals surface area contributed by atoms with E-state index in [0.29, 0.717) is 23.6 Å². The number of hydrogen-bond donors (Lipinski definition) is 1. The number of nitrogens with zero attached hydrogens (tertiary/aromatic N) is 3. The smallest absolute Gasteiger partial charge is 0.278 e. The number of aromatic nitrogens is 3. The minimum absolute atomic E-state index is 0.189. The molecule has 7 nitrogen and oxygen atoms in total. The van der Waals surface area contributed by atoms with Gasteiger partial charge in [0.05, 0.1) is 28.0 Å². The highest BCUT2D eigenvalue weighted by molar-refractivity contribution is 9.10. The molecule has 0 aliphatic heterocycles. The molecular formula is C26H27BrN4O3. The number of benzene rings is 2. The van der Waals surface area contributed by atoms with Gasteiger partial charge in [0, 0.05) is 5.69 Å². The first-order valence-corrected chi connectivity index (χ1v) is 11.8. The lowest BCUT2D eigenvalue weighted by Gasteiger charge is -2.11. The number of hydrogen-bond acceptors (Lipinski definition) is 5. The summed E-state index contributed by atoms with van der Waals surface area (Å²) < 4.78 is 14.2. The van der Waals surface area contributed by atoms with Crippen molar-refractivity contribution in [2.45, 2.75) is 47.8 Å². The number of halogens is 1. The number of anilines is 1. The average molecular weight is 523 g/mol. The summed E-state index contributed by atoms with van der Waals surface area (Å²) in [5.41, 5.74) is 6.73. The van der Waals surface area contributed by atoms with E-state index in [2.05, 4.69) is 37.6 Å². The largest absolute Gasteiger partial charge is 0.488 e. The number of amides is 1. The van der Waals surface area contributed by atoms with Gasteiger partial charge in [0.2, 0.25) is 0 Å². The molecule has 176 valence electrons. The van der Waals surface area contributed by atoms with Crippen LogP contribution in [0.3, 0.4) is 0 Å². The zero-order chi connectivity index (χ0) is 24.4. The normalized spacial score (nSPS) is 11.0. The summed E-state index contributed by atoms with van der Waals surface area (Å²) >= 11 is 3.56. The Bertz CT molecular complexity index is 1360. The first-order chi connectivity index (χ1) is 16.2. The van der Waals surface area contributed by atoms with Crippen molar-refractivity contribution < 1.29 is 14.1 Å². The third-order valence-corrected chi connectivity index (χ3v) is 6.86. The van der Waals surface area contributed by atoms with Crippen molar-refractivity contribution >= 4 is 27.5 Å². The Morgan fingerprint density at radius 3 is 2.62 bits per heavy atom. The van der Waals surface area contributed by atoms with E-state index in [-0.39, 0.29) is 18.2 Å². The second-order valence-electron chi connectivity index (χ2n) is 8.42. The fourth-order valence-corrected chi connectivity index (χ4v) is 4.07. The number of rotatable bonds is 7. The summed E-state index contributed by atoms with van der Waals surface area (Å²) in [5.74, 6) is 0.974. The SMILES string of the molecule is Cc1ccc(OCc2c(C(=O)Nc3cccc(Cn4nc(C)c(Br)c4C)c3)noc2C)c(C)c1. The summed E-state index contributed by atoms with van der Waals surface area (Å²) in [6.07, 6.45) is 0. The Labute approximate surface area is 207 Å². The topological polar surface area (TPSA) is 82.2 Å². The summed E-state index contributed by atoms with van der Waals surface area (Å²) in [5, 5.41) is 11.5. The van der Waals surface area contributed by atoms with E-state index >= 15 is 0 Å². The van der Waals surface area contributed by atoms with Crippen LogP contribution in [0.5, 0.6) is 5.75 Å². The highest BCUT2D eigenvalue weighted by atomic mass is 79.9. The summed E-state index contributed by atoms with van der Waals surface area (Å²) in [6, 6.07) is 13.7. The van der Waals surface area contributed by atoms with Crippen LogP contribution in [-0.4, -0.2) is 20.8 Å². The van der Waals surface area contributed by atoms with Gasteiger partial charge in [-0.15, -0.1) is 0 Å². The minimum atomic E-state index is -0.345. The van der Waals surface area contributed by atoms with Crippen LogP contribution in [0.25, 0.3) is 0 Å². The van der Waals surface area contributed by atoms with Gasteiger partial charge in [-0.3, -0.25) is 9.48 Å². The summed E-state index contributed by atoms with van der Waals surface area (Å²) in [6.45, 7) is 10.6. The van der Waals surface area contributed by atoms with Crippen molar-refractivity contribution in [1.29, 1.82) is 0 Å². The monoisotopic (exact) mass is 522 g/mol. The molecule has 0 saturated carbocycles. The molecule has 0 spiro atoms. The Balaban J connectivity index is 1.48. The molecule has 0 aliphatic carbocycles. The van der Waals surface area contributed by atoms with Crippen molar-refractivity contribution in [3.05, 3.63) is 92.0 Å². The minimum Gasteiger partial charge on any atom is -0.488 e. The van der Waals surface area contributed by atoms with Gasteiger partial charge in [0.25, 0.3) is 5.91 Å². The van der Waals surface area contributed by atoms with E-state index < -0.39 is 0 Å². The summed E-state index contributed by atoms with van der Waals surface area (Å²) in [4.78, 5) is 13.0. The van der Waals surface area contributed by atoms with Crippen molar-refractivity contribution in [3.8, 4) is 5.75 Å². The maximum atomic E-state index is 13.0. The van der Waals surface area contributed by atoms with Gasteiger partial charge in [-0.25, -0.2) is 0 Å². The number of carbonyl (C=O) groups excluding carboxylic acids is 1. The van der Waals surface area contributed by atoms with E-state index in [1.54, 1.807) is 6.92 Å². The van der Waals surface area contributed by atoms with Crippen LogP contribution < -0.4 is 10.1 Å². The molecular weight excluding hydrogens is 496 g/mol. The first-order valence-electron chi connectivity index (χ1n) is 11.0. The predicted molar refractivity (Wildman–Crippen MR) is 134 cm³/mol. The van der Waals surface area contributed by atoms with E-state index in [1.165, 1.54) is 5.56 Å². The molecule has 8 heteroatoms. The highest BCUT2D eigenvalue weighted by Gasteiger charge is 2.21. The molecule has 0 unspecified atom stereocenters. The maximum absolute atomic E-state index is 13.0. The van der Waals surface area contributed by atoms with Crippen LogP contribution in [0.1, 0.15) is 49.9 Å². The van der Waals surface area contributed by atoms with Crippen molar-refractivity contribution in [1.82, 2.24) is 14.9 Å². The molecule has 0 atom stereocenters. The van der Waals surface area contributed by atoms with Gasteiger partial charge in [0.1, 0.15) is 18.1 Å². The summed E-state index contributed by atoms with van der Waals surface area (Å²) in [7, 11) is 0. The van der Waals surface area contributed by atoms with Gasteiger partial charge in [0.15, 0.2) is 5.69 Å². The zero-order valence-electron chi connectivity index (χ0n) is 19.9. The Morgan fingerprint density at radius 2 is 1.91 bits per heavy atom. The predicted octanol–water partition coefficient (Wildman–Crippen LogP) is 6.06. The molecule has 1 N–H and O–H groups in total. The van der Waals surface area contributed by atoms with Crippen molar-refractivity contribution in [3.63, 3.8) is 0 Å². The maximum Gasteiger partial charge on any atom is 0.278 e. The molecule has 0 saturated heterocycles. The van der Waals surface area contributed by atoms with E-state index in [4.69, 9.17) is 9.26 Å². The van der Waals surface area contributed by atoms with Crippen LogP contribution in [0.4, 0.5) is 5.69 Å². The molecule has 2 aromatic heterocycles. The molecule has 0 radical (unpaired) electrons. The number of aryl methyl sites for hydroxylation is 4. The van der Waals surface area contributed by atoms with Crippen LogP contribution in [0.15, 0.2) is 51.5 Å². The van der Waals surface area contributed by atoms with Gasteiger partial charge in [-0.05, 0) is 79.9 Å². The lowest BCUT2D eigenvalue weighted by molar-refractivity contribution is 0.101. The van der Waals surface area contributed by atoms with Crippen LogP contribution in [-0.2, 0) is 13.2 Å². The Morgan fingerprint density at radius 1 is 1.12 bits per heavy atom. The molecule has 2 aromatic carbocycles. The second kappa shape index (κ2) is 9.85. The fourth-order valence-electron chi connectivity index (χ4n) is 3.79. The Hall–Kier alpha value is -3.39. The molecule has 1 amide bonds. The zero-order valence-corrected chi connectivity index (χ0v) is 21.5. The molecule has 4 rings (SSSR count). The molecule has 34 heavy (non-hydrogen) atoms. The number of nitrogens with one attached hydrogen (secondary N) is 1. The van der Waals surface area contributed by atoms with Gasteiger partial charge < -0.3 is 14.6 Å². The van der Waals surface area contributed by atoms with Gasteiger partial charge in [-0.2, -0.15) is 5.10 Å². The van der Waals surface area contributed by atoms with Crippen molar-refractivity contribution in [2.75, 3.05) is 5.32 Å². The lowest BCUT2D eigenvalue weighted by Crippen LogP contribution is -2.16. The molecule has 4 aromatic rings. The van der Waals surface area contributed by atoms with E-state index in [1.807, 2.05) is 68.8 Å². The highest BCUT2D eigenvalue weighted by Crippen LogP contribution is 2.24. The first kappa shape index (κ1) is 23.8. The van der Waals surface area contributed by atoms with Crippen LogP contribution in [0, 0.1) is 34.6 Å². The standard InChI is InChI=1S/C26H27BrN4O3/c1-15-9-10-23(16(2)11-15)33-14-22-19(5)34-30-25(22)26(32)28-21-8-6-7-20(12-21)13-31-18(4)24(27)17(3)29-31/h6-12H,13-14H2,1-5H3,(H,28,32). The quantitative estimate of drug-likeness (QED) is 0.319. The van der Waals surface area contributed by atoms with Crippen molar-refractivity contribution in [2.24, 2.45) is 0 Å². The third-order valence-electron chi connectivity index (χ3n) is 5.71. The van der Waals surface area contributed by atoms with Gasteiger partial charge in [-0.1, -0.05) is 35.0 Å². The average Bonchev–Trinajstić information content (AvgIpc) is 3.28. The molecule has 2 heterocycles. The van der Waals surface area contributed by atoms with Crippen LogP contribution in [0.2, 0.25) is 0 Å².